The van der Waals surface area contributed by atoms with Gasteiger partial charge in [0.1, 0.15) is 11.4 Å². The molecule has 5 heteroatoms. The summed E-state index contributed by atoms with van der Waals surface area (Å²) in [5.74, 6) is 0.686. The highest BCUT2D eigenvalue weighted by Gasteiger charge is 2.21. The molecule has 4 nitrogen and oxygen atoms in total. The highest BCUT2D eigenvalue weighted by atomic mass is 79.9. The van der Waals surface area contributed by atoms with Gasteiger partial charge in [-0.2, -0.15) is 0 Å². The highest BCUT2D eigenvalue weighted by Crippen LogP contribution is 2.33. The van der Waals surface area contributed by atoms with Crippen molar-refractivity contribution < 1.29 is 14.3 Å². The van der Waals surface area contributed by atoms with Gasteiger partial charge in [0.15, 0.2) is 0 Å². The zero-order valence-electron chi connectivity index (χ0n) is 12.2. The number of carbonyl (C=O) groups excluding carboxylic acids is 1. The van der Waals surface area contributed by atoms with Crippen LogP contribution in [-0.2, 0) is 4.74 Å². The van der Waals surface area contributed by atoms with E-state index >= 15 is 0 Å². The van der Waals surface area contributed by atoms with E-state index in [4.69, 9.17) is 9.47 Å². The zero-order chi connectivity index (χ0) is 14.8. The van der Waals surface area contributed by atoms with Crippen molar-refractivity contribution in [3.63, 3.8) is 0 Å². The maximum atomic E-state index is 12.0. The molecule has 0 aliphatic heterocycles. The number of methoxy groups -OCH3 is 1. The minimum atomic E-state index is -0.514. The van der Waals surface area contributed by atoms with Gasteiger partial charge in [0.25, 0.3) is 0 Å². The van der Waals surface area contributed by atoms with Gasteiger partial charge >= 0.3 is 6.09 Å². The Kier molecular flexibility index (Phi) is 4.85. The fraction of sp³-hybridized carbons (Fsp3) is 0.500. The van der Waals surface area contributed by atoms with Crippen LogP contribution in [0.25, 0.3) is 0 Å². The molecule has 1 aromatic rings. The van der Waals surface area contributed by atoms with Gasteiger partial charge in [-0.25, -0.2) is 4.79 Å². The third-order valence-electron chi connectivity index (χ3n) is 2.48. The lowest BCUT2D eigenvalue weighted by molar-refractivity contribution is 0.0589. The normalized spacial score (nSPS) is 11.1. The fourth-order valence-electron chi connectivity index (χ4n) is 1.50. The first-order valence-corrected chi connectivity index (χ1v) is 6.76. The lowest BCUT2D eigenvalue weighted by Crippen LogP contribution is -2.34. The van der Waals surface area contributed by atoms with E-state index < -0.39 is 11.7 Å². The quantitative estimate of drug-likeness (QED) is 0.818. The molecule has 0 aromatic heterocycles. The number of anilines is 1. The van der Waals surface area contributed by atoms with Gasteiger partial charge in [-0.05, 0) is 55.3 Å². The fourth-order valence-corrected chi connectivity index (χ4v) is 1.89. The summed E-state index contributed by atoms with van der Waals surface area (Å²) >= 11 is 3.45. The molecule has 0 saturated heterocycles. The van der Waals surface area contributed by atoms with Gasteiger partial charge in [-0.1, -0.05) is 0 Å². The van der Waals surface area contributed by atoms with Crippen molar-refractivity contribution in [3.05, 3.63) is 22.2 Å². The average molecular weight is 330 g/mol. The Morgan fingerprint density at radius 3 is 2.37 bits per heavy atom. The summed E-state index contributed by atoms with van der Waals surface area (Å²) < 4.78 is 11.5. The minimum Gasteiger partial charge on any atom is -0.495 e. The first kappa shape index (κ1) is 15.8. The first-order chi connectivity index (χ1) is 8.65. The Morgan fingerprint density at radius 2 is 1.89 bits per heavy atom. The van der Waals surface area contributed by atoms with Crippen molar-refractivity contribution in [2.24, 2.45) is 0 Å². The van der Waals surface area contributed by atoms with Crippen LogP contribution in [0.3, 0.4) is 0 Å². The standard InChI is InChI=1S/C14H20BrNO3/c1-9-7-10(8-11(18-6)12(9)15)16(5)13(17)19-14(2,3)4/h7-8H,1-6H3. The van der Waals surface area contributed by atoms with Crippen LogP contribution >= 0.6 is 15.9 Å². The van der Waals surface area contributed by atoms with E-state index in [-0.39, 0.29) is 0 Å². The number of aryl methyl sites for hydroxylation is 1. The number of hydrogen-bond acceptors (Lipinski definition) is 3. The molecule has 0 N–H and O–H groups in total. The molecule has 0 radical (unpaired) electrons. The van der Waals surface area contributed by atoms with Crippen LogP contribution in [0.2, 0.25) is 0 Å². The Morgan fingerprint density at radius 1 is 1.32 bits per heavy atom. The van der Waals surface area contributed by atoms with E-state index in [2.05, 4.69) is 15.9 Å². The average Bonchev–Trinajstić information content (AvgIpc) is 2.29. The van der Waals surface area contributed by atoms with Gasteiger partial charge < -0.3 is 9.47 Å². The molecular weight excluding hydrogens is 310 g/mol. The molecule has 0 aliphatic rings. The Balaban J connectivity index is 3.03. The number of amides is 1. The van der Waals surface area contributed by atoms with Gasteiger partial charge in [-0.3, -0.25) is 4.90 Å². The summed E-state index contributed by atoms with van der Waals surface area (Å²) in [5, 5.41) is 0. The molecule has 19 heavy (non-hydrogen) atoms. The second-order valence-corrected chi connectivity index (χ2v) is 6.11. The molecule has 0 heterocycles. The number of halogens is 1. The SMILES string of the molecule is COc1cc(N(C)C(=O)OC(C)(C)C)cc(C)c1Br. The van der Waals surface area contributed by atoms with Crippen LogP contribution in [0.4, 0.5) is 10.5 Å². The molecule has 0 aliphatic carbocycles. The van der Waals surface area contributed by atoms with Crippen LogP contribution in [0.5, 0.6) is 5.75 Å². The molecule has 1 aromatic carbocycles. The van der Waals surface area contributed by atoms with Crippen molar-refractivity contribution in [2.75, 3.05) is 19.1 Å². The number of nitrogens with zero attached hydrogens (tertiary/aromatic N) is 1. The smallest absolute Gasteiger partial charge is 0.414 e. The van der Waals surface area contributed by atoms with E-state index in [0.29, 0.717) is 5.75 Å². The van der Waals surface area contributed by atoms with Crippen LogP contribution in [0, 0.1) is 6.92 Å². The van der Waals surface area contributed by atoms with Gasteiger partial charge in [0.05, 0.1) is 17.3 Å². The van der Waals surface area contributed by atoms with Crippen LogP contribution in [-0.4, -0.2) is 25.9 Å². The summed E-state index contributed by atoms with van der Waals surface area (Å²) in [4.78, 5) is 13.5. The first-order valence-electron chi connectivity index (χ1n) is 5.96. The van der Waals surface area contributed by atoms with E-state index in [9.17, 15) is 4.79 Å². The largest absolute Gasteiger partial charge is 0.495 e. The molecule has 106 valence electrons. The summed E-state index contributed by atoms with van der Waals surface area (Å²) in [6.45, 7) is 7.46. The van der Waals surface area contributed by atoms with Gasteiger partial charge in [-0.15, -0.1) is 0 Å². The number of benzene rings is 1. The molecule has 0 fully saturated rings. The van der Waals surface area contributed by atoms with Gasteiger partial charge in [0, 0.05) is 13.1 Å². The maximum Gasteiger partial charge on any atom is 0.414 e. The summed E-state index contributed by atoms with van der Waals surface area (Å²) in [7, 11) is 3.27. The Bertz CT molecular complexity index is 480. The topological polar surface area (TPSA) is 38.8 Å². The second kappa shape index (κ2) is 5.82. The molecule has 0 bridgehead atoms. The van der Waals surface area contributed by atoms with E-state index in [1.165, 1.54) is 4.90 Å². The van der Waals surface area contributed by atoms with E-state index in [0.717, 1.165) is 15.7 Å². The van der Waals surface area contributed by atoms with Crippen molar-refractivity contribution in [2.45, 2.75) is 33.3 Å². The summed E-state index contributed by atoms with van der Waals surface area (Å²) in [6, 6.07) is 3.69. The van der Waals surface area contributed by atoms with Crippen LogP contribution < -0.4 is 9.64 Å². The molecule has 1 rings (SSSR count). The van der Waals surface area contributed by atoms with Crippen molar-refractivity contribution in [1.82, 2.24) is 0 Å². The van der Waals surface area contributed by atoms with Crippen LogP contribution in [0.1, 0.15) is 26.3 Å². The Hall–Kier alpha value is -1.23. The molecule has 0 spiro atoms. The number of hydrogen-bond donors (Lipinski definition) is 0. The second-order valence-electron chi connectivity index (χ2n) is 5.32. The summed E-state index contributed by atoms with van der Waals surface area (Å²) in [6.07, 6.45) is -0.392. The highest BCUT2D eigenvalue weighted by molar-refractivity contribution is 9.10. The number of carbonyl (C=O) groups is 1. The third-order valence-corrected chi connectivity index (χ3v) is 3.50. The monoisotopic (exact) mass is 329 g/mol. The Labute approximate surface area is 122 Å². The van der Waals surface area contributed by atoms with E-state index in [1.54, 1.807) is 20.2 Å². The van der Waals surface area contributed by atoms with E-state index in [1.807, 2.05) is 33.8 Å². The predicted molar refractivity (Wildman–Crippen MR) is 80.1 cm³/mol. The van der Waals surface area contributed by atoms with Crippen LogP contribution in [0.15, 0.2) is 16.6 Å². The van der Waals surface area contributed by atoms with Crippen molar-refractivity contribution in [3.8, 4) is 5.75 Å². The minimum absolute atomic E-state index is 0.392. The molecule has 0 unspecified atom stereocenters. The zero-order valence-corrected chi connectivity index (χ0v) is 13.8. The number of ether oxygens (including phenoxy) is 2. The molecule has 1 amide bonds. The van der Waals surface area contributed by atoms with Crippen molar-refractivity contribution >= 4 is 27.7 Å². The number of rotatable bonds is 2. The molecular formula is C14H20BrNO3. The summed E-state index contributed by atoms with van der Waals surface area (Å²) in [5.41, 5.74) is 1.20. The maximum absolute atomic E-state index is 12.0. The molecule has 0 saturated carbocycles. The van der Waals surface area contributed by atoms with Crippen molar-refractivity contribution in [1.29, 1.82) is 0 Å². The lowest BCUT2D eigenvalue weighted by atomic mass is 10.2. The molecule has 0 atom stereocenters. The van der Waals surface area contributed by atoms with Gasteiger partial charge in [0.2, 0.25) is 0 Å². The predicted octanol–water partition coefficient (Wildman–Crippen LogP) is 4.14. The lowest BCUT2D eigenvalue weighted by Gasteiger charge is -2.25. The third kappa shape index (κ3) is 4.13.